The quantitative estimate of drug-likeness (QED) is 0.872. The van der Waals surface area contributed by atoms with Crippen molar-refractivity contribution in [2.24, 2.45) is 11.8 Å². The molecule has 0 bridgehead atoms. The number of carboxylic acid groups (broad SMARTS) is 1. The molecule has 0 radical (unpaired) electrons. The van der Waals surface area contributed by atoms with Crippen LogP contribution in [0.2, 0.25) is 0 Å². The molecule has 102 valence electrons. The highest BCUT2D eigenvalue weighted by Gasteiger charge is 2.30. The molecule has 5 nitrogen and oxygen atoms in total. The van der Waals surface area contributed by atoms with Gasteiger partial charge in [0.25, 0.3) is 5.91 Å². The molecule has 1 fully saturated rings. The zero-order valence-electron chi connectivity index (χ0n) is 11.1. The molecule has 19 heavy (non-hydrogen) atoms. The Morgan fingerprint density at radius 3 is 2.53 bits per heavy atom. The molecule has 0 spiro atoms. The lowest BCUT2D eigenvalue weighted by Crippen LogP contribution is -2.37. The molecular formula is C14H18N2O3. The number of nitrogens with zero attached hydrogens (tertiary/aromatic N) is 1. The Morgan fingerprint density at radius 1 is 1.32 bits per heavy atom. The third kappa shape index (κ3) is 2.92. The molecule has 1 aromatic rings. The van der Waals surface area contributed by atoms with E-state index in [1.54, 1.807) is 0 Å². The fraction of sp³-hybridized carbons (Fsp3) is 0.500. The first kappa shape index (κ1) is 13.5. The number of amides is 1. The number of carbonyl (C=O) groups excluding carboxylic acids is 1. The SMILES string of the molecule is CC1CCC(NC(=O)c2ccc(C(=O)O)nc2)C1C. The Labute approximate surface area is 112 Å². The number of nitrogens with one attached hydrogen (secondary N) is 1. The second-order valence-electron chi connectivity index (χ2n) is 5.23. The van der Waals surface area contributed by atoms with Crippen molar-refractivity contribution >= 4 is 11.9 Å². The molecule has 2 N–H and O–H groups in total. The maximum atomic E-state index is 12.0. The maximum absolute atomic E-state index is 12.0. The van der Waals surface area contributed by atoms with Crippen LogP contribution < -0.4 is 5.32 Å². The summed E-state index contributed by atoms with van der Waals surface area (Å²) < 4.78 is 0. The van der Waals surface area contributed by atoms with Crippen LogP contribution in [0.3, 0.4) is 0 Å². The standard InChI is InChI=1S/C14H18N2O3/c1-8-3-5-11(9(8)2)16-13(17)10-4-6-12(14(18)19)15-7-10/h4,6-9,11H,3,5H2,1-2H3,(H,16,17)(H,18,19). The van der Waals surface area contributed by atoms with E-state index in [4.69, 9.17) is 5.11 Å². The van der Waals surface area contributed by atoms with Gasteiger partial charge in [-0.15, -0.1) is 0 Å². The second-order valence-corrected chi connectivity index (χ2v) is 5.23. The molecule has 0 aliphatic heterocycles. The van der Waals surface area contributed by atoms with Gasteiger partial charge >= 0.3 is 5.97 Å². The molecule has 1 aliphatic carbocycles. The van der Waals surface area contributed by atoms with Crippen LogP contribution in [0.5, 0.6) is 0 Å². The average Bonchev–Trinajstić information content (AvgIpc) is 2.71. The van der Waals surface area contributed by atoms with Crippen molar-refractivity contribution in [1.82, 2.24) is 10.3 Å². The lowest BCUT2D eigenvalue weighted by Gasteiger charge is -2.19. The van der Waals surface area contributed by atoms with Crippen molar-refractivity contribution in [3.8, 4) is 0 Å². The van der Waals surface area contributed by atoms with Crippen LogP contribution in [0.25, 0.3) is 0 Å². The van der Waals surface area contributed by atoms with E-state index in [0.29, 0.717) is 17.4 Å². The highest BCUT2D eigenvalue weighted by atomic mass is 16.4. The summed E-state index contributed by atoms with van der Waals surface area (Å²) in [6, 6.07) is 3.04. The van der Waals surface area contributed by atoms with Gasteiger partial charge in [0.2, 0.25) is 0 Å². The van der Waals surface area contributed by atoms with E-state index in [1.807, 2.05) is 0 Å². The zero-order valence-corrected chi connectivity index (χ0v) is 11.1. The minimum absolute atomic E-state index is 0.0561. The lowest BCUT2D eigenvalue weighted by molar-refractivity contribution is 0.0689. The van der Waals surface area contributed by atoms with Crippen LogP contribution in [0, 0.1) is 11.8 Å². The number of carboxylic acids is 1. The lowest BCUT2D eigenvalue weighted by atomic mass is 9.97. The fourth-order valence-electron chi connectivity index (χ4n) is 2.47. The number of aromatic nitrogens is 1. The number of pyridine rings is 1. The van der Waals surface area contributed by atoms with E-state index in [0.717, 1.165) is 12.8 Å². The Hall–Kier alpha value is -1.91. The number of rotatable bonds is 3. The Kier molecular flexibility index (Phi) is 3.83. The van der Waals surface area contributed by atoms with Gasteiger partial charge < -0.3 is 10.4 Å². The summed E-state index contributed by atoms with van der Waals surface area (Å²) in [7, 11) is 0. The van der Waals surface area contributed by atoms with Crippen LogP contribution in [-0.2, 0) is 0 Å². The third-order valence-electron chi connectivity index (χ3n) is 4.03. The van der Waals surface area contributed by atoms with Crippen molar-refractivity contribution in [1.29, 1.82) is 0 Å². The first-order valence-corrected chi connectivity index (χ1v) is 6.49. The summed E-state index contributed by atoms with van der Waals surface area (Å²) in [5.74, 6) is -0.186. The minimum Gasteiger partial charge on any atom is -0.477 e. The number of carbonyl (C=O) groups is 2. The predicted molar refractivity (Wildman–Crippen MR) is 70.0 cm³/mol. The molecule has 1 heterocycles. The largest absolute Gasteiger partial charge is 0.477 e. The van der Waals surface area contributed by atoms with Gasteiger partial charge in [-0.1, -0.05) is 13.8 Å². The van der Waals surface area contributed by atoms with Gasteiger partial charge in [-0.3, -0.25) is 4.79 Å². The number of hydrogen-bond donors (Lipinski definition) is 2. The molecule has 5 heteroatoms. The monoisotopic (exact) mass is 262 g/mol. The summed E-state index contributed by atoms with van der Waals surface area (Å²) >= 11 is 0. The highest BCUT2D eigenvalue weighted by Crippen LogP contribution is 2.31. The van der Waals surface area contributed by atoms with E-state index in [1.165, 1.54) is 18.3 Å². The van der Waals surface area contributed by atoms with Crippen LogP contribution in [-0.4, -0.2) is 28.0 Å². The molecule has 1 amide bonds. The van der Waals surface area contributed by atoms with Crippen LogP contribution in [0.1, 0.15) is 47.5 Å². The molecule has 0 aromatic carbocycles. The molecule has 2 rings (SSSR count). The van der Waals surface area contributed by atoms with Crippen molar-refractivity contribution in [3.63, 3.8) is 0 Å². The highest BCUT2D eigenvalue weighted by molar-refractivity contribution is 5.95. The summed E-state index contributed by atoms with van der Waals surface area (Å²) in [6.45, 7) is 4.34. The molecule has 1 aromatic heterocycles. The first-order valence-electron chi connectivity index (χ1n) is 6.49. The van der Waals surface area contributed by atoms with Crippen molar-refractivity contribution in [2.45, 2.75) is 32.7 Å². The van der Waals surface area contributed by atoms with E-state index >= 15 is 0 Å². The van der Waals surface area contributed by atoms with Gasteiger partial charge in [0.15, 0.2) is 0 Å². The average molecular weight is 262 g/mol. The first-order chi connectivity index (χ1) is 8.99. The topological polar surface area (TPSA) is 79.3 Å². The summed E-state index contributed by atoms with van der Waals surface area (Å²) in [5, 5.41) is 11.7. The normalized spacial score (nSPS) is 26.1. The molecule has 3 atom stereocenters. The Bertz CT molecular complexity index is 484. The van der Waals surface area contributed by atoms with Gasteiger partial charge in [0.1, 0.15) is 5.69 Å². The van der Waals surface area contributed by atoms with Crippen LogP contribution >= 0.6 is 0 Å². The van der Waals surface area contributed by atoms with Crippen molar-refractivity contribution in [3.05, 3.63) is 29.6 Å². The van der Waals surface area contributed by atoms with E-state index in [2.05, 4.69) is 24.1 Å². The minimum atomic E-state index is -1.09. The Balaban J connectivity index is 2.02. The summed E-state index contributed by atoms with van der Waals surface area (Å²) in [6.07, 6.45) is 3.43. The predicted octanol–water partition coefficient (Wildman–Crippen LogP) is 1.94. The molecule has 3 unspecified atom stereocenters. The van der Waals surface area contributed by atoms with E-state index < -0.39 is 5.97 Å². The van der Waals surface area contributed by atoms with Crippen LogP contribution in [0.15, 0.2) is 18.3 Å². The van der Waals surface area contributed by atoms with Gasteiger partial charge in [0.05, 0.1) is 5.56 Å². The summed E-state index contributed by atoms with van der Waals surface area (Å²) in [4.78, 5) is 26.5. The number of hydrogen-bond acceptors (Lipinski definition) is 3. The van der Waals surface area contributed by atoms with Crippen molar-refractivity contribution < 1.29 is 14.7 Å². The van der Waals surface area contributed by atoms with Crippen molar-refractivity contribution in [2.75, 3.05) is 0 Å². The Morgan fingerprint density at radius 2 is 2.05 bits per heavy atom. The molecular weight excluding hydrogens is 244 g/mol. The van der Waals surface area contributed by atoms with Gasteiger partial charge in [-0.05, 0) is 36.8 Å². The second kappa shape index (κ2) is 5.38. The number of aromatic carboxylic acids is 1. The van der Waals surface area contributed by atoms with E-state index in [9.17, 15) is 9.59 Å². The fourth-order valence-corrected chi connectivity index (χ4v) is 2.47. The smallest absolute Gasteiger partial charge is 0.354 e. The summed E-state index contributed by atoms with van der Waals surface area (Å²) in [5.41, 5.74) is 0.344. The van der Waals surface area contributed by atoms with Gasteiger partial charge in [-0.2, -0.15) is 0 Å². The van der Waals surface area contributed by atoms with E-state index in [-0.39, 0.29) is 17.6 Å². The molecule has 0 saturated heterocycles. The zero-order chi connectivity index (χ0) is 14.0. The van der Waals surface area contributed by atoms with Crippen LogP contribution in [0.4, 0.5) is 0 Å². The molecule has 1 aliphatic rings. The molecule has 1 saturated carbocycles. The van der Waals surface area contributed by atoms with Gasteiger partial charge in [-0.25, -0.2) is 9.78 Å². The third-order valence-corrected chi connectivity index (χ3v) is 4.03. The maximum Gasteiger partial charge on any atom is 0.354 e. The van der Waals surface area contributed by atoms with Gasteiger partial charge in [0, 0.05) is 12.2 Å².